The van der Waals surface area contributed by atoms with Gasteiger partial charge in [0.1, 0.15) is 0 Å². The normalized spacial score (nSPS) is 33.9. The maximum Gasteiger partial charge on any atom is 0.0588 e. The summed E-state index contributed by atoms with van der Waals surface area (Å²) >= 11 is 0. The highest BCUT2D eigenvalue weighted by molar-refractivity contribution is 4.76. The van der Waals surface area contributed by atoms with E-state index in [1.165, 1.54) is 32.2 Å². The van der Waals surface area contributed by atoms with Crippen LogP contribution in [0.2, 0.25) is 0 Å². The SMILES string of the molecule is CC1OCCC1CNCCC1CC1. The molecule has 0 aromatic carbocycles. The molecule has 0 radical (unpaired) electrons. The van der Waals surface area contributed by atoms with Gasteiger partial charge in [-0.15, -0.1) is 0 Å². The Morgan fingerprint density at radius 3 is 2.77 bits per heavy atom. The average Bonchev–Trinajstić information content (AvgIpc) is 2.86. The molecule has 2 heteroatoms. The lowest BCUT2D eigenvalue weighted by molar-refractivity contribution is 0.105. The zero-order valence-electron chi connectivity index (χ0n) is 8.59. The minimum atomic E-state index is 0.480. The summed E-state index contributed by atoms with van der Waals surface area (Å²) in [5, 5.41) is 3.55. The first kappa shape index (κ1) is 9.47. The smallest absolute Gasteiger partial charge is 0.0588 e. The van der Waals surface area contributed by atoms with Gasteiger partial charge in [-0.3, -0.25) is 0 Å². The van der Waals surface area contributed by atoms with Crippen LogP contribution >= 0.6 is 0 Å². The highest BCUT2D eigenvalue weighted by atomic mass is 16.5. The number of ether oxygens (including phenoxy) is 1. The van der Waals surface area contributed by atoms with Crippen LogP contribution in [0.1, 0.15) is 32.6 Å². The molecule has 2 nitrogen and oxygen atoms in total. The fourth-order valence-corrected chi connectivity index (χ4v) is 2.04. The third-order valence-corrected chi connectivity index (χ3v) is 3.37. The fourth-order valence-electron chi connectivity index (χ4n) is 2.04. The summed E-state index contributed by atoms with van der Waals surface area (Å²) in [6.07, 6.45) is 6.07. The summed E-state index contributed by atoms with van der Waals surface area (Å²) in [7, 11) is 0. The summed E-state index contributed by atoms with van der Waals surface area (Å²) in [5.41, 5.74) is 0. The molecule has 1 saturated heterocycles. The van der Waals surface area contributed by atoms with E-state index in [9.17, 15) is 0 Å². The van der Waals surface area contributed by atoms with Crippen LogP contribution in [0.3, 0.4) is 0 Å². The molecule has 0 amide bonds. The fraction of sp³-hybridized carbons (Fsp3) is 1.00. The standard InChI is InChI=1S/C11H21NO/c1-9-11(5-7-13-9)8-12-6-4-10-2-3-10/h9-12H,2-8H2,1H3. The molecule has 2 fully saturated rings. The number of rotatable bonds is 5. The van der Waals surface area contributed by atoms with Crippen molar-refractivity contribution in [1.29, 1.82) is 0 Å². The van der Waals surface area contributed by atoms with E-state index < -0.39 is 0 Å². The number of nitrogens with one attached hydrogen (secondary N) is 1. The van der Waals surface area contributed by atoms with Gasteiger partial charge in [0, 0.05) is 13.2 Å². The second-order valence-corrected chi connectivity index (χ2v) is 4.56. The Labute approximate surface area is 81.0 Å². The summed E-state index contributed by atoms with van der Waals surface area (Å²) in [4.78, 5) is 0. The highest BCUT2D eigenvalue weighted by Gasteiger charge is 2.24. The second-order valence-electron chi connectivity index (χ2n) is 4.56. The van der Waals surface area contributed by atoms with Gasteiger partial charge in [-0.1, -0.05) is 12.8 Å². The molecule has 0 bridgehead atoms. The van der Waals surface area contributed by atoms with Gasteiger partial charge in [-0.25, -0.2) is 0 Å². The van der Waals surface area contributed by atoms with E-state index in [2.05, 4.69) is 12.2 Å². The van der Waals surface area contributed by atoms with Gasteiger partial charge in [0.2, 0.25) is 0 Å². The number of hydrogen-bond donors (Lipinski definition) is 1. The predicted molar refractivity (Wildman–Crippen MR) is 53.7 cm³/mol. The van der Waals surface area contributed by atoms with Gasteiger partial charge in [-0.05, 0) is 38.1 Å². The Hall–Kier alpha value is -0.0800. The van der Waals surface area contributed by atoms with Gasteiger partial charge in [-0.2, -0.15) is 0 Å². The van der Waals surface area contributed by atoms with Crippen molar-refractivity contribution >= 4 is 0 Å². The minimum absolute atomic E-state index is 0.480. The quantitative estimate of drug-likeness (QED) is 0.656. The molecule has 1 aliphatic carbocycles. The molecule has 1 heterocycles. The first-order valence-electron chi connectivity index (χ1n) is 5.68. The van der Waals surface area contributed by atoms with Crippen molar-refractivity contribution in [1.82, 2.24) is 5.32 Å². The molecule has 2 aliphatic rings. The first-order chi connectivity index (χ1) is 6.36. The van der Waals surface area contributed by atoms with Gasteiger partial charge in [0.05, 0.1) is 6.10 Å². The topological polar surface area (TPSA) is 21.3 Å². The molecule has 0 spiro atoms. The zero-order chi connectivity index (χ0) is 9.10. The molecule has 0 aromatic heterocycles. The van der Waals surface area contributed by atoms with E-state index in [0.29, 0.717) is 6.10 Å². The van der Waals surface area contributed by atoms with Crippen molar-refractivity contribution in [2.45, 2.75) is 38.7 Å². The Morgan fingerprint density at radius 1 is 1.31 bits per heavy atom. The van der Waals surface area contributed by atoms with Crippen molar-refractivity contribution in [2.24, 2.45) is 11.8 Å². The average molecular weight is 183 g/mol. The summed E-state index contributed by atoms with van der Waals surface area (Å²) in [6.45, 7) is 5.54. The van der Waals surface area contributed by atoms with Crippen LogP contribution in [-0.2, 0) is 4.74 Å². The summed E-state index contributed by atoms with van der Waals surface area (Å²) in [5.74, 6) is 1.82. The molecular weight excluding hydrogens is 162 g/mol. The van der Waals surface area contributed by atoms with Gasteiger partial charge < -0.3 is 10.1 Å². The zero-order valence-corrected chi connectivity index (χ0v) is 8.59. The summed E-state index contributed by atoms with van der Waals surface area (Å²) < 4.78 is 5.52. The second kappa shape index (κ2) is 4.43. The van der Waals surface area contributed by atoms with Gasteiger partial charge >= 0.3 is 0 Å². The molecule has 1 aliphatic heterocycles. The van der Waals surface area contributed by atoms with Crippen LogP contribution in [-0.4, -0.2) is 25.8 Å². The van der Waals surface area contributed by atoms with E-state index >= 15 is 0 Å². The Bertz CT molecular complexity index is 156. The monoisotopic (exact) mass is 183 g/mol. The van der Waals surface area contributed by atoms with E-state index in [-0.39, 0.29) is 0 Å². The van der Waals surface area contributed by atoms with Gasteiger partial charge in [0.25, 0.3) is 0 Å². The van der Waals surface area contributed by atoms with Crippen molar-refractivity contribution in [2.75, 3.05) is 19.7 Å². The van der Waals surface area contributed by atoms with Crippen molar-refractivity contribution in [3.05, 3.63) is 0 Å². The van der Waals surface area contributed by atoms with E-state index in [1.807, 2.05) is 0 Å². The molecule has 2 rings (SSSR count). The van der Waals surface area contributed by atoms with E-state index in [0.717, 1.165) is 25.0 Å². The molecule has 1 N–H and O–H groups in total. The van der Waals surface area contributed by atoms with Crippen LogP contribution in [0, 0.1) is 11.8 Å². The molecule has 76 valence electrons. The molecule has 13 heavy (non-hydrogen) atoms. The van der Waals surface area contributed by atoms with Crippen LogP contribution in [0.15, 0.2) is 0 Å². The van der Waals surface area contributed by atoms with Crippen LogP contribution in [0.25, 0.3) is 0 Å². The van der Waals surface area contributed by atoms with E-state index in [1.54, 1.807) is 0 Å². The minimum Gasteiger partial charge on any atom is -0.378 e. The highest BCUT2D eigenvalue weighted by Crippen LogP contribution is 2.31. The van der Waals surface area contributed by atoms with Crippen LogP contribution in [0.4, 0.5) is 0 Å². The molecular formula is C11H21NO. The predicted octanol–water partition coefficient (Wildman–Crippen LogP) is 1.80. The van der Waals surface area contributed by atoms with Gasteiger partial charge in [0.15, 0.2) is 0 Å². The lowest BCUT2D eigenvalue weighted by Gasteiger charge is -2.14. The molecule has 2 atom stereocenters. The number of hydrogen-bond acceptors (Lipinski definition) is 2. The lowest BCUT2D eigenvalue weighted by Crippen LogP contribution is -2.27. The van der Waals surface area contributed by atoms with Crippen LogP contribution < -0.4 is 5.32 Å². The Balaban J connectivity index is 1.51. The third kappa shape index (κ3) is 2.96. The maximum absolute atomic E-state index is 5.52. The van der Waals surface area contributed by atoms with Crippen LogP contribution in [0.5, 0.6) is 0 Å². The maximum atomic E-state index is 5.52. The molecule has 2 unspecified atom stereocenters. The summed E-state index contributed by atoms with van der Waals surface area (Å²) in [6, 6.07) is 0. The Morgan fingerprint density at radius 2 is 2.15 bits per heavy atom. The molecule has 1 saturated carbocycles. The third-order valence-electron chi connectivity index (χ3n) is 3.37. The van der Waals surface area contributed by atoms with Crippen molar-refractivity contribution in [3.8, 4) is 0 Å². The lowest BCUT2D eigenvalue weighted by atomic mass is 10.0. The Kier molecular flexibility index (Phi) is 3.23. The van der Waals surface area contributed by atoms with E-state index in [4.69, 9.17) is 4.74 Å². The largest absolute Gasteiger partial charge is 0.378 e. The molecule has 0 aromatic rings. The van der Waals surface area contributed by atoms with Crippen molar-refractivity contribution < 1.29 is 4.74 Å². The van der Waals surface area contributed by atoms with Crippen molar-refractivity contribution in [3.63, 3.8) is 0 Å². The first-order valence-corrected chi connectivity index (χ1v) is 5.68.